The molecule has 3 aromatic rings. The van der Waals surface area contributed by atoms with Crippen molar-refractivity contribution < 1.29 is 19.0 Å². The Morgan fingerprint density at radius 3 is 2.64 bits per heavy atom. The van der Waals surface area contributed by atoms with Crippen LogP contribution in [-0.2, 0) is 6.54 Å². The number of aromatic nitrogens is 2. The summed E-state index contributed by atoms with van der Waals surface area (Å²) in [6.45, 7) is 4.02. The van der Waals surface area contributed by atoms with E-state index in [4.69, 9.17) is 25.8 Å². The van der Waals surface area contributed by atoms with Crippen LogP contribution >= 0.6 is 11.6 Å². The summed E-state index contributed by atoms with van der Waals surface area (Å²) in [7, 11) is 3.12. The van der Waals surface area contributed by atoms with Gasteiger partial charge in [0.15, 0.2) is 11.5 Å². The number of carbonyl (C=O) groups is 1. The molecule has 1 heterocycles. The van der Waals surface area contributed by atoms with Gasteiger partial charge < -0.3 is 24.5 Å². The molecular formula is C20H22ClN3O4. The fraction of sp³-hybridized carbons (Fsp3) is 0.300. The van der Waals surface area contributed by atoms with E-state index in [2.05, 4.69) is 15.3 Å². The first-order chi connectivity index (χ1) is 13.4. The Balaban J connectivity index is 1.75. The summed E-state index contributed by atoms with van der Waals surface area (Å²) < 4.78 is 16.2. The lowest BCUT2D eigenvalue weighted by atomic mass is 10.2. The van der Waals surface area contributed by atoms with Crippen molar-refractivity contribution in [3.8, 4) is 17.2 Å². The fourth-order valence-corrected chi connectivity index (χ4v) is 2.97. The number of nitrogens with zero attached hydrogens (tertiary/aromatic N) is 1. The normalized spacial score (nSPS) is 10.9. The molecule has 0 aliphatic heterocycles. The van der Waals surface area contributed by atoms with E-state index in [1.165, 1.54) is 7.11 Å². The Bertz CT molecular complexity index is 1000. The Morgan fingerprint density at radius 1 is 1.18 bits per heavy atom. The van der Waals surface area contributed by atoms with E-state index >= 15 is 0 Å². The molecule has 0 atom stereocenters. The second-order valence-electron chi connectivity index (χ2n) is 6.40. The monoisotopic (exact) mass is 403 g/mol. The van der Waals surface area contributed by atoms with Crippen LogP contribution in [0.4, 0.5) is 0 Å². The summed E-state index contributed by atoms with van der Waals surface area (Å²) in [6.07, 6.45) is -0.0450. The average Bonchev–Trinajstić information content (AvgIpc) is 3.07. The predicted molar refractivity (Wildman–Crippen MR) is 108 cm³/mol. The molecule has 2 N–H and O–H groups in total. The maximum absolute atomic E-state index is 12.6. The number of ether oxygens (including phenoxy) is 3. The first-order valence-electron chi connectivity index (χ1n) is 8.76. The molecule has 0 radical (unpaired) electrons. The first-order valence-corrected chi connectivity index (χ1v) is 9.14. The molecule has 148 valence electrons. The highest BCUT2D eigenvalue weighted by atomic mass is 35.5. The van der Waals surface area contributed by atoms with Crippen molar-refractivity contribution in [1.82, 2.24) is 15.3 Å². The summed E-state index contributed by atoms with van der Waals surface area (Å²) >= 11 is 6.28. The highest BCUT2D eigenvalue weighted by Crippen LogP contribution is 2.34. The lowest BCUT2D eigenvalue weighted by Crippen LogP contribution is -2.24. The van der Waals surface area contributed by atoms with Crippen molar-refractivity contribution >= 4 is 28.5 Å². The van der Waals surface area contributed by atoms with Crippen molar-refractivity contribution in [2.75, 3.05) is 14.2 Å². The van der Waals surface area contributed by atoms with Gasteiger partial charge in [-0.05, 0) is 32.0 Å². The number of methoxy groups -OCH3 is 2. The zero-order valence-electron chi connectivity index (χ0n) is 16.1. The van der Waals surface area contributed by atoms with E-state index in [0.717, 1.165) is 16.8 Å². The molecule has 0 aliphatic rings. The number of nitrogens with one attached hydrogen (secondary N) is 2. The van der Waals surface area contributed by atoms with Crippen LogP contribution in [0.1, 0.15) is 30.0 Å². The number of amides is 1. The van der Waals surface area contributed by atoms with Gasteiger partial charge in [0.2, 0.25) is 0 Å². The summed E-state index contributed by atoms with van der Waals surface area (Å²) in [5.41, 5.74) is 1.92. The molecule has 0 unspecified atom stereocenters. The Morgan fingerprint density at radius 2 is 1.96 bits per heavy atom. The fourth-order valence-electron chi connectivity index (χ4n) is 2.73. The molecule has 1 amide bonds. The van der Waals surface area contributed by atoms with Crippen LogP contribution in [0.15, 0.2) is 30.3 Å². The first kappa shape index (κ1) is 19.8. The summed E-state index contributed by atoms with van der Waals surface area (Å²) in [5.74, 6) is 1.95. The number of hydrogen-bond donors (Lipinski definition) is 2. The van der Waals surface area contributed by atoms with Crippen LogP contribution in [0.2, 0.25) is 5.02 Å². The van der Waals surface area contributed by atoms with Gasteiger partial charge in [-0.25, -0.2) is 4.98 Å². The van der Waals surface area contributed by atoms with E-state index in [9.17, 15) is 4.79 Å². The third-order valence-corrected chi connectivity index (χ3v) is 4.33. The molecule has 0 bridgehead atoms. The van der Waals surface area contributed by atoms with Gasteiger partial charge in [0.25, 0.3) is 5.91 Å². The van der Waals surface area contributed by atoms with Crippen LogP contribution in [0.5, 0.6) is 17.2 Å². The predicted octanol–water partition coefficient (Wildman–Crippen LogP) is 3.95. The van der Waals surface area contributed by atoms with E-state index in [0.29, 0.717) is 22.9 Å². The van der Waals surface area contributed by atoms with Gasteiger partial charge in [-0.1, -0.05) is 11.6 Å². The van der Waals surface area contributed by atoms with E-state index < -0.39 is 0 Å². The summed E-state index contributed by atoms with van der Waals surface area (Å²) in [6, 6.07) is 8.69. The van der Waals surface area contributed by atoms with E-state index in [-0.39, 0.29) is 23.6 Å². The highest BCUT2D eigenvalue weighted by molar-refractivity contribution is 6.34. The SMILES string of the molecule is COc1ccc2nc(CNC(=O)c3cc(OC)c(OC(C)C)cc3Cl)[nH]c2c1. The number of hydrogen-bond acceptors (Lipinski definition) is 5. The lowest BCUT2D eigenvalue weighted by Gasteiger charge is -2.15. The molecule has 0 spiro atoms. The number of aromatic amines is 1. The standard InChI is InChI=1S/C20H22ClN3O4/c1-11(2)28-18-9-14(21)13(8-17(18)27-4)20(25)22-10-19-23-15-6-5-12(26-3)7-16(15)24-19/h5-9,11H,10H2,1-4H3,(H,22,25)(H,23,24). The number of rotatable bonds is 7. The molecule has 0 aliphatic carbocycles. The van der Waals surface area contributed by atoms with Crippen molar-refractivity contribution in [3.05, 3.63) is 46.7 Å². The number of carbonyl (C=O) groups excluding carboxylic acids is 1. The van der Waals surface area contributed by atoms with Crippen molar-refractivity contribution in [1.29, 1.82) is 0 Å². The quantitative estimate of drug-likeness (QED) is 0.623. The van der Waals surface area contributed by atoms with E-state index in [1.54, 1.807) is 19.2 Å². The van der Waals surface area contributed by atoms with E-state index in [1.807, 2.05) is 32.0 Å². The van der Waals surface area contributed by atoms with Gasteiger partial charge in [-0.15, -0.1) is 0 Å². The van der Waals surface area contributed by atoms with Gasteiger partial charge >= 0.3 is 0 Å². The molecule has 0 fully saturated rings. The van der Waals surface area contributed by atoms with Crippen LogP contribution < -0.4 is 19.5 Å². The number of halogens is 1. The minimum absolute atomic E-state index is 0.0450. The van der Waals surface area contributed by atoms with Gasteiger partial charge in [0, 0.05) is 12.1 Å². The minimum Gasteiger partial charge on any atom is -0.497 e. The van der Waals surface area contributed by atoms with Crippen molar-refractivity contribution in [3.63, 3.8) is 0 Å². The minimum atomic E-state index is -0.336. The van der Waals surface area contributed by atoms with Gasteiger partial charge in [0.1, 0.15) is 11.6 Å². The molecule has 2 aromatic carbocycles. The molecular weight excluding hydrogens is 382 g/mol. The number of imidazole rings is 1. The average molecular weight is 404 g/mol. The Labute approximate surface area is 168 Å². The maximum atomic E-state index is 12.6. The maximum Gasteiger partial charge on any atom is 0.253 e. The molecule has 7 nitrogen and oxygen atoms in total. The molecule has 8 heteroatoms. The molecule has 1 aromatic heterocycles. The van der Waals surface area contributed by atoms with Gasteiger partial charge in [-0.3, -0.25) is 4.79 Å². The number of benzene rings is 2. The van der Waals surface area contributed by atoms with Crippen LogP contribution in [0.25, 0.3) is 11.0 Å². The third kappa shape index (κ3) is 4.31. The largest absolute Gasteiger partial charge is 0.497 e. The Hall–Kier alpha value is -2.93. The summed E-state index contributed by atoms with van der Waals surface area (Å²) in [4.78, 5) is 20.2. The smallest absolute Gasteiger partial charge is 0.253 e. The summed E-state index contributed by atoms with van der Waals surface area (Å²) in [5, 5.41) is 3.09. The zero-order valence-corrected chi connectivity index (χ0v) is 16.9. The van der Waals surface area contributed by atoms with Crippen LogP contribution in [0.3, 0.4) is 0 Å². The molecule has 0 saturated carbocycles. The Kier molecular flexibility index (Phi) is 5.94. The number of H-pyrrole nitrogens is 1. The van der Waals surface area contributed by atoms with Gasteiger partial charge in [-0.2, -0.15) is 0 Å². The van der Waals surface area contributed by atoms with Gasteiger partial charge in [0.05, 0.1) is 48.5 Å². The second-order valence-corrected chi connectivity index (χ2v) is 6.81. The molecule has 28 heavy (non-hydrogen) atoms. The lowest BCUT2D eigenvalue weighted by molar-refractivity contribution is 0.0949. The third-order valence-electron chi connectivity index (χ3n) is 4.02. The zero-order chi connectivity index (χ0) is 20.3. The highest BCUT2D eigenvalue weighted by Gasteiger charge is 2.17. The number of fused-ring (bicyclic) bond motifs is 1. The topological polar surface area (TPSA) is 85.5 Å². The van der Waals surface area contributed by atoms with Crippen molar-refractivity contribution in [2.45, 2.75) is 26.5 Å². The van der Waals surface area contributed by atoms with Crippen LogP contribution in [-0.4, -0.2) is 36.2 Å². The van der Waals surface area contributed by atoms with Crippen LogP contribution in [0, 0.1) is 0 Å². The second kappa shape index (κ2) is 8.39. The van der Waals surface area contributed by atoms with Crippen molar-refractivity contribution in [2.24, 2.45) is 0 Å². The molecule has 0 saturated heterocycles. The molecule has 3 rings (SSSR count).